The molecule has 1 heterocycles. The number of hydrogen-bond donors (Lipinski definition) is 1. The van der Waals surface area contributed by atoms with Gasteiger partial charge in [0.1, 0.15) is 18.6 Å². The van der Waals surface area contributed by atoms with Crippen LogP contribution in [-0.2, 0) is 20.9 Å². The van der Waals surface area contributed by atoms with Crippen LogP contribution in [0, 0.1) is 6.92 Å². The van der Waals surface area contributed by atoms with Gasteiger partial charge in [0.2, 0.25) is 6.10 Å². The molecule has 0 aliphatic rings. The van der Waals surface area contributed by atoms with Crippen LogP contribution in [0.2, 0.25) is 0 Å². The molecule has 3 aromatic rings. The third kappa shape index (κ3) is 4.70. The summed E-state index contributed by atoms with van der Waals surface area (Å²) in [6.07, 6.45) is 0.145. The number of carbonyl (C=O) groups is 2. The van der Waals surface area contributed by atoms with Gasteiger partial charge in [0.05, 0.1) is 12.8 Å². The van der Waals surface area contributed by atoms with Crippen molar-refractivity contribution < 1.29 is 19.1 Å². The topological polar surface area (TPSA) is 108 Å². The number of hydrogen-bond acceptors (Lipinski definition) is 7. The summed E-state index contributed by atoms with van der Waals surface area (Å²) in [4.78, 5) is 25.2. The molecule has 0 bridgehead atoms. The van der Waals surface area contributed by atoms with E-state index in [2.05, 4.69) is 20.8 Å². The zero-order valence-electron chi connectivity index (χ0n) is 15.4. The average Bonchev–Trinajstić information content (AvgIpc) is 3.20. The fraction of sp³-hybridized carbons (Fsp3) is 0.211. The molecule has 144 valence electrons. The standard InChI is InChI=1S/C19H19N5O4/c1-13-8-9-16(27-2)15(10-13)21-19(26)18(14-6-4-3-5-7-14)28-17(25)11-24-12-20-22-23-24/h3-10,12,18H,11H2,1-2H3,(H,21,26)/t18-/m1/s1. The highest BCUT2D eigenvalue weighted by atomic mass is 16.5. The second kappa shape index (κ2) is 8.76. The molecule has 0 radical (unpaired) electrons. The normalized spacial score (nSPS) is 11.5. The number of nitrogens with one attached hydrogen (secondary N) is 1. The monoisotopic (exact) mass is 381 g/mol. The van der Waals surface area contributed by atoms with Crippen LogP contribution in [0.1, 0.15) is 17.2 Å². The summed E-state index contributed by atoms with van der Waals surface area (Å²) in [5, 5.41) is 13.3. The van der Waals surface area contributed by atoms with E-state index in [9.17, 15) is 9.59 Å². The van der Waals surface area contributed by atoms with Crippen LogP contribution in [0.5, 0.6) is 5.75 Å². The van der Waals surface area contributed by atoms with Crippen molar-refractivity contribution in [1.82, 2.24) is 20.2 Å². The highest BCUT2D eigenvalue weighted by Gasteiger charge is 2.26. The second-order valence-electron chi connectivity index (χ2n) is 5.98. The smallest absolute Gasteiger partial charge is 0.329 e. The average molecular weight is 381 g/mol. The van der Waals surface area contributed by atoms with Crippen LogP contribution in [0.3, 0.4) is 0 Å². The van der Waals surface area contributed by atoms with Gasteiger partial charge in [-0.05, 0) is 35.0 Å². The molecule has 3 rings (SSSR count). The highest BCUT2D eigenvalue weighted by Crippen LogP contribution is 2.27. The first-order valence-electron chi connectivity index (χ1n) is 8.47. The molecule has 0 saturated carbocycles. The number of esters is 1. The van der Waals surface area contributed by atoms with Crippen LogP contribution in [0.15, 0.2) is 54.9 Å². The summed E-state index contributed by atoms with van der Waals surface area (Å²) in [6.45, 7) is 1.69. The van der Waals surface area contributed by atoms with Gasteiger partial charge in [-0.3, -0.25) is 9.59 Å². The van der Waals surface area contributed by atoms with Crippen molar-refractivity contribution in [1.29, 1.82) is 0 Å². The minimum atomic E-state index is -1.14. The largest absolute Gasteiger partial charge is 0.495 e. The zero-order valence-corrected chi connectivity index (χ0v) is 15.4. The third-order valence-corrected chi connectivity index (χ3v) is 3.89. The minimum absolute atomic E-state index is 0.211. The van der Waals surface area contributed by atoms with Gasteiger partial charge in [-0.25, -0.2) is 4.68 Å². The van der Waals surface area contributed by atoms with Gasteiger partial charge in [-0.15, -0.1) is 5.10 Å². The Kier molecular flexibility index (Phi) is 5.95. The molecule has 1 amide bonds. The van der Waals surface area contributed by atoms with Crippen molar-refractivity contribution in [3.05, 3.63) is 66.0 Å². The van der Waals surface area contributed by atoms with E-state index in [0.717, 1.165) is 5.56 Å². The Morgan fingerprint density at radius 1 is 1.18 bits per heavy atom. The predicted octanol–water partition coefficient (Wildman–Crippen LogP) is 1.91. The Labute approximate surface area is 161 Å². The lowest BCUT2D eigenvalue weighted by atomic mass is 10.1. The summed E-state index contributed by atoms with van der Waals surface area (Å²) >= 11 is 0. The van der Waals surface area contributed by atoms with Crippen LogP contribution in [0.25, 0.3) is 0 Å². The number of carbonyl (C=O) groups excluding carboxylic acids is 2. The van der Waals surface area contributed by atoms with Crippen molar-refractivity contribution in [2.24, 2.45) is 0 Å². The number of methoxy groups -OCH3 is 1. The van der Waals surface area contributed by atoms with E-state index in [4.69, 9.17) is 9.47 Å². The maximum absolute atomic E-state index is 12.9. The summed E-state index contributed by atoms with van der Waals surface area (Å²) in [6, 6.07) is 14.2. The fourth-order valence-electron chi connectivity index (χ4n) is 2.57. The molecule has 1 aromatic heterocycles. The number of ether oxygens (including phenoxy) is 2. The lowest BCUT2D eigenvalue weighted by Gasteiger charge is -2.19. The van der Waals surface area contributed by atoms with Gasteiger partial charge in [-0.1, -0.05) is 36.4 Å². The molecule has 0 fully saturated rings. The Hall–Kier alpha value is -3.75. The number of anilines is 1. The molecule has 0 saturated heterocycles. The zero-order chi connectivity index (χ0) is 19.9. The van der Waals surface area contributed by atoms with Gasteiger partial charge in [0.15, 0.2) is 0 Å². The molecule has 0 aliphatic heterocycles. The van der Waals surface area contributed by atoms with Gasteiger partial charge in [0, 0.05) is 5.56 Å². The number of nitrogens with zero attached hydrogens (tertiary/aromatic N) is 4. The molecule has 28 heavy (non-hydrogen) atoms. The molecular formula is C19H19N5O4. The molecule has 2 aromatic carbocycles. The van der Waals surface area contributed by atoms with Crippen molar-refractivity contribution in [3.8, 4) is 5.75 Å². The van der Waals surface area contributed by atoms with Gasteiger partial charge in [0.25, 0.3) is 5.91 Å². The Morgan fingerprint density at radius 2 is 1.96 bits per heavy atom. The third-order valence-electron chi connectivity index (χ3n) is 3.89. The van der Waals surface area contributed by atoms with Gasteiger partial charge < -0.3 is 14.8 Å². The first-order valence-corrected chi connectivity index (χ1v) is 8.47. The fourth-order valence-corrected chi connectivity index (χ4v) is 2.57. The lowest BCUT2D eigenvalue weighted by molar-refractivity contribution is -0.155. The van der Waals surface area contributed by atoms with Crippen molar-refractivity contribution in [2.75, 3.05) is 12.4 Å². The number of tetrazole rings is 1. The van der Waals surface area contributed by atoms with Crippen LogP contribution in [0.4, 0.5) is 5.69 Å². The number of rotatable bonds is 7. The highest BCUT2D eigenvalue weighted by molar-refractivity contribution is 5.97. The van der Waals surface area contributed by atoms with E-state index in [-0.39, 0.29) is 6.54 Å². The molecular weight excluding hydrogens is 362 g/mol. The summed E-state index contributed by atoms with van der Waals surface area (Å²) < 4.78 is 11.9. The van der Waals surface area contributed by atoms with Crippen LogP contribution >= 0.6 is 0 Å². The maximum Gasteiger partial charge on any atom is 0.329 e. The summed E-state index contributed by atoms with van der Waals surface area (Å²) in [5.41, 5.74) is 1.98. The van der Waals surface area contributed by atoms with E-state index in [1.807, 2.05) is 19.1 Å². The van der Waals surface area contributed by atoms with Crippen molar-refractivity contribution in [3.63, 3.8) is 0 Å². The van der Waals surface area contributed by atoms with E-state index >= 15 is 0 Å². The molecule has 9 heteroatoms. The number of aryl methyl sites for hydroxylation is 1. The van der Waals surface area contributed by atoms with Crippen molar-refractivity contribution in [2.45, 2.75) is 19.6 Å². The van der Waals surface area contributed by atoms with Gasteiger partial charge in [-0.2, -0.15) is 0 Å². The molecule has 9 nitrogen and oxygen atoms in total. The first kappa shape index (κ1) is 19.0. The Balaban J connectivity index is 1.81. The van der Waals surface area contributed by atoms with Crippen molar-refractivity contribution >= 4 is 17.6 Å². The van der Waals surface area contributed by atoms with Crippen LogP contribution in [-0.4, -0.2) is 39.2 Å². The van der Waals surface area contributed by atoms with E-state index < -0.39 is 18.0 Å². The second-order valence-corrected chi connectivity index (χ2v) is 5.98. The summed E-state index contributed by atoms with van der Waals surface area (Å²) in [5.74, 6) is -0.640. The molecule has 1 atom stereocenters. The predicted molar refractivity (Wildman–Crippen MR) is 99.5 cm³/mol. The van der Waals surface area contributed by atoms with Gasteiger partial charge >= 0.3 is 5.97 Å². The number of aromatic nitrogens is 4. The SMILES string of the molecule is COc1ccc(C)cc1NC(=O)[C@H](OC(=O)Cn1cnnn1)c1ccccc1. The first-order chi connectivity index (χ1) is 13.6. The Morgan fingerprint density at radius 3 is 2.64 bits per heavy atom. The molecule has 0 spiro atoms. The van der Waals surface area contributed by atoms with Crippen LogP contribution < -0.4 is 10.1 Å². The van der Waals surface area contributed by atoms with E-state index in [0.29, 0.717) is 17.0 Å². The van der Waals surface area contributed by atoms with E-state index in [1.54, 1.807) is 36.4 Å². The summed E-state index contributed by atoms with van der Waals surface area (Å²) in [7, 11) is 1.52. The lowest BCUT2D eigenvalue weighted by Crippen LogP contribution is -2.27. The molecule has 0 unspecified atom stereocenters. The maximum atomic E-state index is 12.9. The molecule has 1 N–H and O–H groups in total. The number of benzene rings is 2. The van der Waals surface area contributed by atoms with E-state index in [1.165, 1.54) is 18.1 Å². The Bertz CT molecular complexity index is 944. The molecule has 0 aliphatic carbocycles. The quantitative estimate of drug-likeness (QED) is 0.623. The number of amides is 1. The minimum Gasteiger partial charge on any atom is -0.495 e.